The Morgan fingerprint density at radius 3 is 1.89 bits per heavy atom. The van der Waals surface area contributed by atoms with Gasteiger partial charge in [0.05, 0.1) is 0 Å². The highest BCUT2D eigenvalue weighted by Gasteiger charge is 2.41. The summed E-state index contributed by atoms with van der Waals surface area (Å²) < 4.78 is 11.1. The highest BCUT2D eigenvalue weighted by Crippen LogP contribution is 2.32. The molecule has 3 N–H and O–H groups in total. The monoisotopic (exact) mass is 639 g/mol. The number of phenols is 1. The Morgan fingerprint density at radius 2 is 1.37 bits per heavy atom. The van der Waals surface area contributed by atoms with E-state index < -0.39 is 59.2 Å². The molecule has 0 aromatic heterocycles. The molecular formula is C36H53N3O7. The lowest BCUT2D eigenvalue weighted by atomic mass is 9.96. The fraction of sp³-hybridized carbons (Fsp3) is 0.556. The highest BCUT2D eigenvalue weighted by atomic mass is 16.6. The number of alkyl carbamates (subject to hydrolysis) is 1. The summed E-state index contributed by atoms with van der Waals surface area (Å²) in [5, 5.41) is 16.6. The summed E-state index contributed by atoms with van der Waals surface area (Å²) in [5.74, 6) is -2.02. The first kappa shape index (κ1) is 38.1. The van der Waals surface area contributed by atoms with E-state index in [4.69, 9.17) is 9.47 Å². The molecule has 4 unspecified atom stereocenters. The molecule has 2 aromatic rings. The van der Waals surface area contributed by atoms with Crippen molar-refractivity contribution >= 4 is 23.9 Å². The molecule has 0 aliphatic heterocycles. The Balaban J connectivity index is 2.65. The third kappa shape index (κ3) is 12.0. The van der Waals surface area contributed by atoms with E-state index in [1.165, 1.54) is 11.0 Å². The Labute approximate surface area is 274 Å². The van der Waals surface area contributed by atoms with Gasteiger partial charge in [0, 0.05) is 18.0 Å². The zero-order valence-electron chi connectivity index (χ0n) is 29.0. The molecule has 0 radical (unpaired) electrons. The first-order valence-corrected chi connectivity index (χ1v) is 16.0. The van der Waals surface area contributed by atoms with Crippen molar-refractivity contribution in [3.8, 4) is 5.75 Å². The molecule has 46 heavy (non-hydrogen) atoms. The van der Waals surface area contributed by atoms with Crippen molar-refractivity contribution in [1.82, 2.24) is 15.5 Å². The largest absolute Gasteiger partial charge is 0.508 e. The van der Waals surface area contributed by atoms with Crippen molar-refractivity contribution in [3.63, 3.8) is 0 Å². The zero-order valence-corrected chi connectivity index (χ0v) is 29.0. The first-order chi connectivity index (χ1) is 21.3. The topological polar surface area (TPSA) is 134 Å². The summed E-state index contributed by atoms with van der Waals surface area (Å²) in [6.45, 7) is 17.9. The van der Waals surface area contributed by atoms with Crippen LogP contribution in [0.3, 0.4) is 0 Å². The lowest BCUT2D eigenvalue weighted by molar-refractivity contribution is -0.159. The van der Waals surface area contributed by atoms with Crippen molar-refractivity contribution in [2.24, 2.45) is 5.92 Å². The molecule has 0 saturated carbocycles. The number of hydrogen-bond donors (Lipinski definition) is 3. The number of nitrogens with zero attached hydrogens (tertiary/aromatic N) is 1. The minimum Gasteiger partial charge on any atom is -0.508 e. The van der Waals surface area contributed by atoms with Gasteiger partial charge in [-0.15, -0.1) is 0 Å². The van der Waals surface area contributed by atoms with Crippen molar-refractivity contribution in [2.75, 3.05) is 0 Å². The smallest absolute Gasteiger partial charge is 0.408 e. The summed E-state index contributed by atoms with van der Waals surface area (Å²) in [5.41, 5.74) is -0.633. The van der Waals surface area contributed by atoms with E-state index in [-0.39, 0.29) is 30.1 Å². The van der Waals surface area contributed by atoms with Crippen LogP contribution in [0.2, 0.25) is 0 Å². The number of aromatic hydroxyl groups is 1. The molecule has 0 fully saturated rings. The highest BCUT2D eigenvalue weighted by molar-refractivity contribution is 5.94. The number of esters is 1. The third-order valence-corrected chi connectivity index (χ3v) is 7.06. The van der Waals surface area contributed by atoms with Gasteiger partial charge in [0.15, 0.2) is 0 Å². The maximum Gasteiger partial charge on any atom is 0.408 e. The van der Waals surface area contributed by atoms with Crippen LogP contribution < -0.4 is 10.6 Å². The SMILES string of the molecule is CCC(C)N(C(=O)C(CC(C)C)NC(=O)OC(C)(C)C)C(C(=O)NC(Cc1ccccc1)C(=O)OC(C)(C)C)c1ccccc1O. The number of rotatable bonds is 13. The molecule has 10 heteroatoms. The van der Waals surface area contributed by atoms with Gasteiger partial charge in [-0.05, 0) is 78.9 Å². The summed E-state index contributed by atoms with van der Waals surface area (Å²) in [6, 6.07) is 11.5. The predicted molar refractivity (Wildman–Crippen MR) is 178 cm³/mol. The van der Waals surface area contributed by atoms with Gasteiger partial charge in [0.1, 0.15) is 35.1 Å². The van der Waals surface area contributed by atoms with E-state index in [0.717, 1.165) is 5.56 Å². The lowest BCUT2D eigenvalue weighted by Crippen LogP contribution is -2.57. The van der Waals surface area contributed by atoms with Crippen molar-refractivity contribution in [3.05, 3.63) is 65.7 Å². The van der Waals surface area contributed by atoms with Gasteiger partial charge < -0.3 is 30.1 Å². The van der Waals surface area contributed by atoms with Crippen LogP contribution >= 0.6 is 0 Å². The van der Waals surface area contributed by atoms with Gasteiger partial charge in [0.25, 0.3) is 0 Å². The summed E-state index contributed by atoms with van der Waals surface area (Å²) in [7, 11) is 0. The zero-order chi connectivity index (χ0) is 34.8. The van der Waals surface area contributed by atoms with Crippen LogP contribution in [0.5, 0.6) is 5.75 Å². The van der Waals surface area contributed by atoms with Gasteiger partial charge in [-0.3, -0.25) is 9.59 Å². The number of benzene rings is 2. The summed E-state index contributed by atoms with van der Waals surface area (Å²) in [4.78, 5) is 56.7. The van der Waals surface area contributed by atoms with Gasteiger partial charge in [0.2, 0.25) is 11.8 Å². The number of ether oxygens (including phenoxy) is 2. The predicted octanol–water partition coefficient (Wildman–Crippen LogP) is 6.07. The molecule has 4 atom stereocenters. The Kier molecular flexibility index (Phi) is 13.6. The van der Waals surface area contributed by atoms with Crippen molar-refractivity contribution in [1.29, 1.82) is 0 Å². The number of phenolic OH excluding ortho intramolecular Hbond substituents is 1. The quantitative estimate of drug-likeness (QED) is 0.227. The van der Waals surface area contributed by atoms with Gasteiger partial charge in [-0.1, -0.05) is 69.3 Å². The fourth-order valence-electron chi connectivity index (χ4n) is 4.92. The van der Waals surface area contributed by atoms with Crippen LogP contribution in [0.1, 0.15) is 99.2 Å². The molecule has 0 aliphatic carbocycles. The van der Waals surface area contributed by atoms with Crippen LogP contribution in [0, 0.1) is 5.92 Å². The maximum atomic E-state index is 14.5. The van der Waals surface area contributed by atoms with Crippen molar-refractivity contribution in [2.45, 2.75) is 124 Å². The second-order valence-electron chi connectivity index (χ2n) is 14.1. The minimum absolute atomic E-state index is 0.00231. The normalized spacial score (nSPS) is 14.4. The van der Waals surface area contributed by atoms with Crippen LogP contribution in [0.15, 0.2) is 54.6 Å². The standard InChI is InChI=1S/C36H53N3O7/c1-11-24(4)39(32(42)27(21-23(2)3)38-34(44)46-36(8,9)10)30(26-19-15-16-20-29(26)40)31(41)37-28(33(43)45-35(5,6)7)22-25-17-13-12-14-18-25/h12-20,23-24,27-28,30,40H,11,21-22H2,1-10H3,(H,37,41)(H,38,44). The van der Waals surface area contributed by atoms with E-state index in [9.17, 15) is 24.3 Å². The molecule has 0 saturated heterocycles. The summed E-state index contributed by atoms with van der Waals surface area (Å²) >= 11 is 0. The average Bonchev–Trinajstić information content (AvgIpc) is 2.93. The molecule has 3 amide bonds. The van der Waals surface area contributed by atoms with E-state index in [2.05, 4.69) is 10.6 Å². The number of carbonyl (C=O) groups excluding carboxylic acids is 4. The van der Waals surface area contributed by atoms with Crippen LogP contribution in [0.25, 0.3) is 0 Å². The Hall–Kier alpha value is -4.08. The van der Waals surface area contributed by atoms with Crippen LogP contribution in [-0.2, 0) is 30.3 Å². The molecule has 0 bridgehead atoms. The number of hydrogen-bond acceptors (Lipinski definition) is 7. The molecule has 2 rings (SSSR count). The van der Waals surface area contributed by atoms with Gasteiger partial charge in [-0.2, -0.15) is 0 Å². The van der Waals surface area contributed by atoms with Gasteiger partial charge in [-0.25, -0.2) is 9.59 Å². The molecule has 0 heterocycles. The van der Waals surface area contributed by atoms with Gasteiger partial charge >= 0.3 is 12.1 Å². The molecule has 0 aliphatic rings. The van der Waals surface area contributed by atoms with Crippen molar-refractivity contribution < 1.29 is 33.8 Å². The average molecular weight is 640 g/mol. The second-order valence-corrected chi connectivity index (χ2v) is 14.1. The minimum atomic E-state index is -1.35. The Morgan fingerprint density at radius 1 is 0.804 bits per heavy atom. The molecule has 0 spiro atoms. The number of para-hydroxylation sites is 1. The molecule has 10 nitrogen and oxygen atoms in total. The number of nitrogens with one attached hydrogen (secondary N) is 2. The van der Waals surface area contributed by atoms with E-state index in [1.807, 2.05) is 51.1 Å². The second kappa shape index (κ2) is 16.5. The molecular weight excluding hydrogens is 586 g/mol. The third-order valence-electron chi connectivity index (χ3n) is 7.06. The van der Waals surface area contributed by atoms with Crippen LogP contribution in [-0.4, -0.2) is 63.2 Å². The maximum absolute atomic E-state index is 14.5. The van der Waals surface area contributed by atoms with E-state index in [0.29, 0.717) is 6.42 Å². The van der Waals surface area contributed by atoms with E-state index in [1.54, 1.807) is 66.7 Å². The fourth-order valence-corrected chi connectivity index (χ4v) is 4.92. The first-order valence-electron chi connectivity index (χ1n) is 16.0. The summed E-state index contributed by atoms with van der Waals surface area (Å²) in [6.07, 6.45) is 0.118. The number of amides is 3. The molecule has 2 aromatic carbocycles. The molecule has 254 valence electrons. The lowest BCUT2D eigenvalue weighted by Gasteiger charge is -2.39. The van der Waals surface area contributed by atoms with E-state index >= 15 is 0 Å². The van der Waals surface area contributed by atoms with Crippen LogP contribution in [0.4, 0.5) is 4.79 Å². The number of carbonyl (C=O) groups is 4. The Bertz CT molecular complexity index is 1310.